The first kappa shape index (κ1) is 25.5. The SMILES string of the molecule is COc1ccc(C(=O)NCc2nnc(SCC(=O)Nc3ccc(Br)cc3C)n2-c2ccccc2)cc1. The third-order valence-electron chi connectivity index (χ3n) is 5.27. The Morgan fingerprint density at radius 2 is 1.78 bits per heavy atom. The molecule has 184 valence electrons. The van der Waals surface area contributed by atoms with E-state index in [1.165, 1.54) is 11.8 Å². The smallest absolute Gasteiger partial charge is 0.251 e. The third kappa shape index (κ3) is 6.32. The first-order valence-electron chi connectivity index (χ1n) is 11.1. The molecule has 0 aliphatic heterocycles. The van der Waals surface area contributed by atoms with Crippen LogP contribution in [0.2, 0.25) is 0 Å². The van der Waals surface area contributed by atoms with E-state index in [4.69, 9.17) is 4.74 Å². The number of thioether (sulfide) groups is 1. The summed E-state index contributed by atoms with van der Waals surface area (Å²) in [7, 11) is 1.58. The molecule has 0 bridgehead atoms. The fraction of sp³-hybridized carbons (Fsp3) is 0.154. The van der Waals surface area contributed by atoms with Crippen molar-refractivity contribution in [2.75, 3.05) is 18.2 Å². The Morgan fingerprint density at radius 1 is 1.03 bits per heavy atom. The van der Waals surface area contributed by atoms with Crippen molar-refractivity contribution < 1.29 is 14.3 Å². The molecule has 3 aromatic carbocycles. The molecule has 0 saturated heterocycles. The Hall–Kier alpha value is -3.63. The third-order valence-corrected chi connectivity index (χ3v) is 6.69. The van der Waals surface area contributed by atoms with Gasteiger partial charge in [-0.2, -0.15) is 0 Å². The van der Waals surface area contributed by atoms with E-state index >= 15 is 0 Å². The van der Waals surface area contributed by atoms with Gasteiger partial charge in [-0.15, -0.1) is 10.2 Å². The summed E-state index contributed by atoms with van der Waals surface area (Å²) in [5.41, 5.74) is 3.07. The number of carbonyl (C=O) groups excluding carboxylic acids is 2. The quantitative estimate of drug-likeness (QED) is 0.277. The number of methoxy groups -OCH3 is 1. The predicted molar refractivity (Wildman–Crippen MR) is 144 cm³/mol. The highest BCUT2D eigenvalue weighted by atomic mass is 79.9. The molecule has 36 heavy (non-hydrogen) atoms. The van der Waals surface area contributed by atoms with Crippen molar-refractivity contribution in [3.8, 4) is 11.4 Å². The molecule has 0 fully saturated rings. The van der Waals surface area contributed by atoms with Crippen LogP contribution in [0.4, 0.5) is 5.69 Å². The number of hydrogen-bond donors (Lipinski definition) is 2. The van der Waals surface area contributed by atoms with Gasteiger partial charge >= 0.3 is 0 Å². The van der Waals surface area contributed by atoms with E-state index in [1.807, 2.05) is 60.0 Å². The van der Waals surface area contributed by atoms with Crippen LogP contribution in [0.3, 0.4) is 0 Å². The Labute approximate surface area is 221 Å². The number of benzene rings is 3. The molecule has 0 atom stereocenters. The summed E-state index contributed by atoms with van der Waals surface area (Å²) in [6, 6.07) is 22.1. The maximum atomic E-state index is 12.6. The fourth-order valence-electron chi connectivity index (χ4n) is 3.43. The van der Waals surface area contributed by atoms with Crippen LogP contribution in [-0.2, 0) is 11.3 Å². The maximum absolute atomic E-state index is 12.6. The van der Waals surface area contributed by atoms with Gasteiger partial charge in [0, 0.05) is 21.4 Å². The standard InChI is InChI=1S/C26H24BrN5O3S/c1-17-14-19(27)10-13-22(17)29-24(33)16-36-26-31-30-23(32(26)20-6-4-3-5-7-20)15-28-25(34)18-8-11-21(35-2)12-9-18/h3-14H,15-16H2,1-2H3,(H,28,34)(H,29,33). The summed E-state index contributed by atoms with van der Waals surface area (Å²) < 4.78 is 7.94. The van der Waals surface area contributed by atoms with Gasteiger partial charge in [-0.05, 0) is 67.1 Å². The average Bonchev–Trinajstić information content (AvgIpc) is 3.31. The highest BCUT2D eigenvalue weighted by molar-refractivity contribution is 9.10. The summed E-state index contributed by atoms with van der Waals surface area (Å²) in [6.45, 7) is 2.10. The largest absolute Gasteiger partial charge is 0.497 e. The molecular formula is C26H24BrN5O3S. The van der Waals surface area contributed by atoms with Crippen molar-refractivity contribution >= 4 is 45.2 Å². The maximum Gasteiger partial charge on any atom is 0.251 e. The number of aromatic nitrogens is 3. The van der Waals surface area contributed by atoms with Gasteiger partial charge in [-0.25, -0.2) is 0 Å². The number of nitrogens with one attached hydrogen (secondary N) is 2. The molecule has 0 aliphatic carbocycles. The van der Waals surface area contributed by atoms with Crippen LogP contribution in [0.25, 0.3) is 5.69 Å². The van der Waals surface area contributed by atoms with Gasteiger partial charge in [0.05, 0.1) is 19.4 Å². The van der Waals surface area contributed by atoms with Gasteiger partial charge in [0.2, 0.25) is 5.91 Å². The van der Waals surface area contributed by atoms with E-state index < -0.39 is 0 Å². The normalized spacial score (nSPS) is 10.6. The van der Waals surface area contributed by atoms with Crippen LogP contribution in [0.5, 0.6) is 5.75 Å². The minimum absolute atomic E-state index is 0.151. The molecule has 4 rings (SSSR count). The van der Waals surface area contributed by atoms with Crippen LogP contribution in [-0.4, -0.2) is 39.4 Å². The van der Waals surface area contributed by atoms with Crippen LogP contribution >= 0.6 is 27.7 Å². The first-order chi connectivity index (χ1) is 17.4. The molecule has 2 N–H and O–H groups in total. The molecule has 0 spiro atoms. The summed E-state index contributed by atoms with van der Waals surface area (Å²) in [4.78, 5) is 25.3. The molecule has 0 unspecified atom stereocenters. The zero-order chi connectivity index (χ0) is 25.5. The minimum atomic E-state index is -0.237. The van der Waals surface area contributed by atoms with Gasteiger partial charge < -0.3 is 15.4 Å². The Bertz CT molecular complexity index is 1360. The molecule has 1 aromatic heterocycles. The molecular weight excluding hydrogens is 542 g/mol. The van der Waals surface area contributed by atoms with Crippen molar-refractivity contribution in [1.82, 2.24) is 20.1 Å². The summed E-state index contributed by atoms with van der Waals surface area (Å²) in [5.74, 6) is 0.991. The molecule has 10 heteroatoms. The lowest BCUT2D eigenvalue weighted by Gasteiger charge is -2.12. The van der Waals surface area contributed by atoms with Crippen molar-refractivity contribution in [2.24, 2.45) is 0 Å². The monoisotopic (exact) mass is 565 g/mol. The molecule has 2 amide bonds. The summed E-state index contributed by atoms with van der Waals surface area (Å²) in [6.07, 6.45) is 0. The van der Waals surface area contributed by atoms with E-state index in [1.54, 1.807) is 31.4 Å². The second-order valence-corrected chi connectivity index (χ2v) is 9.64. The highest BCUT2D eigenvalue weighted by Gasteiger charge is 2.17. The number of halogens is 1. The number of anilines is 1. The zero-order valence-electron chi connectivity index (χ0n) is 19.7. The number of rotatable bonds is 9. The van der Waals surface area contributed by atoms with E-state index in [0.29, 0.717) is 22.3 Å². The lowest BCUT2D eigenvalue weighted by Crippen LogP contribution is -2.24. The Balaban J connectivity index is 1.47. The number of para-hydroxylation sites is 1. The summed E-state index contributed by atoms with van der Waals surface area (Å²) >= 11 is 4.71. The highest BCUT2D eigenvalue weighted by Crippen LogP contribution is 2.24. The Morgan fingerprint density at radius 3 is 2.47 bits per heavy atom. The number of hydrogen-bond acceptors (Lipinski definition) is 6. The van der Waals surface area contributed by atoms with E-state index in [-0.39, 0.29) is 24.1 Å². The van der Waals surface area contributed by atoms with Gasteiger partial charge in [0.25, 0.3) is 5.91 Å². The van der Waals surface area contributed by atoms with Crippen molar-refractivity contribution in [1.29, 1.82) is 0 Å². The van der Waals surface area contributed by atoms with Gasteiger partial charge in [-0.1, -0.05) is 45.9 Å². The Kier molecular flexibility index (Phi) is 8.40. The lowest BCUT2D eigenvalue weighted by atomic mass is 10.2. The van der Waals surface area contributed by atoms with Crippen LogP contribution in [0, 0.1) is 6.92 Å². The number of amides is 2. The molecule has 0 radical (unpaired) electrons. The molecule has 4 aromatic rings. The molecule has 1 heterocycles. The minimum Gasteiger partial charge on any atom is -0.497 e. The predicted octanol–water partition coefficient (Wildman–Crippen LogP) is 5.01. The molecule has 0 aliphatic rings. The number of carbonyl (C=O) groups is 2. The van der Waals surface area contributed by atoms with Gasteiger partial charge in [-0.3, -0.25) is 14.2 Å². The second kappa shape index (κ2) is 11.9. The first-order valence-corrected chi connectivity index (χ1v) is 12.8. The van der Waals surface area contributed by atoms with Crippen molar-refractivity contribution in [2.45, 2.75) is 18.6 Å². The van der Waals surface area contributed by atoms with Gasteiger partial charge in [0.15, 0.2) is 11.0 Å². The average molecular weight is 566 g/mol. The lowest BCUT2D eigenvalue weighted by molar-refractivity contribution is -0.113. The van der Waals surface area contributed by atoms with Gasteiger partial charge in [0.1, 0.15) is 5.75 Å². The van der Waals surface area contributed by atoms with E-state index in [0.717, 1.165) is 21.4 Å². The van der Waals surface area contributed by atoms with E-state index in [9.17, 15) is 9.59 Å². The zero-order valence-corrected chi connectivity index (χ0v) is 22.1. The fourth-order valence-corrected chi connectivity index (χ4v) is 4.68. The summed E-state index contributed by atoms with van der Waals surface area (Å²) in [5, 5.41) is 15.0. The van der Waals surface area contributed by atoms with Crippen LogP contribution in [0.15, 0.2) is 82.4 Å². The molecule has 8 nitrogen and oxygen atoms in total. The van der Waals surface area contributed by atoms with Crippen LogP contribution in [0.1, 0.15) is 21.7 Å². The topological polar surface area (TPSA) is 98.1 Å². The van der Waals surface area contributed by atoms with Crippen LogP contribution < -0.4 is 15.4 Å². The number of nitrogens with zero attached hydrogens (tertiary/aromatic N) is 3. The second-order valence-electron chi connectivity index (χ2n) is 7.78. The number of aryl methyl sites for hydroxylation is 1. The van der Waals surface area contributed by atoms with Crippen molar-refractivity contribution in [3.63, 3.8) is 0 Å². The number of ether oxygens (including phenoxy) is 1. The van der Waals surface area contributed by atoms with E-state index in [2.05, 4.69) is 36.8 Å². The molecule has 0 saturated carbocycles. The van der Waals surface area contributed by atoms with Crippen molar-refractivity contribution in [3.05, 3.63) is 94.2 Å².